The summed E-state index contributed by atoms with van der Waals surface area (Å²) in [5, 5.41) is 3.08. The van der Waals surface area contributed by atoms with Crippen molar-refractivity contribution in [2.75, 3.05) is 63.1 Å². The summed E-state index contributed by atoms with van der Waals surface area (Å²) >= 11 is 2.01. The topological polar surface area (TPSA) is 65.1 Å². The van der Waals surface area contributed by atoms with Crippen molar-refractivity contribution in [3.8, 4) is 0 Å². The molecule has 2 heterocycles. The van der Waals surface area contributed by atoms with Gasteiger partial charge in [0.25, 0.3) is 0 Å². The van der Waals surface area contributed by atoms with Crippen molar-refractivity contribution in [2.45, 2.75) is 45.8 Å². The monoisotopic (exact) mass is 476 g/mol. The molecule has 0 aliphatic carbocycles. The van der Waals surface area contributed by atoms with E-state index in [9.17, 15) is 9.59 Å². The summed E-state index contributed by atoms with van der Waals surface area (Å²) in [5.74, 6) is 2.75. The third kappa shape index (κ3) is 9.18. The number of hydrogen-bond acceptors (Lipinski definition) is 6. The van der Waals surface area contributed by atoms with Crippen LogP contribution in [0.5, 0.6) is 0 Å². The standard InChI is InChI=1S/C25H40N4O3S/c1-25(2,3)32-24(31)27(4)16-21-8-6-10-29(18-21)19-23(30)26-22-9-5-7-20(15-22)17-28-11-13-33-14-12-28/h5,7,9,15,21H,6,8,10-14,16-19H2,1-4H3,(H,26,30). The summed E-state index contributed by atoms with van der Waals surface area (Å²) in [5.41, 5.74) is 1.61. The number of nitrogens with zero attached hydrogens (tertiary/aromatic N) is 3. The van der Waals surface area contributed by atoms with Gasteiger partial charge in [-0.05, 0) is 63.8 Å². The van der Waals surface area contributed by atoms with Crippen LogP contribution in [0.1, 0.15) is 39.2 Å². The molecule has 8 heteroatoms. The van der Waals surface area contributed by atoms with Gasteiger partial charge >= 0.3 is 6.09 Å². The van der Waals surface area contributed by atoms with Crippen molar-refractivity contribution in [1.29, 1.82) is 0 Å². The molecule has 1 unspecified atom stereocenters. The molecule has 2 saturated heterocycles. The van der Waals surface area contributed by atoms with Crippen molar-refractivity contribution in [3.05, 3.63) is 29.8 Å². The minimum atomic E-state index is -0.494. The maximum absolute atomic E-state index is 12.7. The number of likely N-dealkylation sites (tertiary alicyclic amines) is 1. The Labute approximate surface area is 203 Å². The van der Waals surface area contributed by atoms with Crippen LogP contribution in [0, 0.1) is 5.92 Å². The van der Waals surface area contributed by atoms with E-state index in [0.717, 1.165) is 51.3 Å². The molecule has 2 amide bonds. The summed E-state index contributed by atoms with van der Waals surface area (Å²) in [4.78, 5) is 31.3. The molecule has 0 saturated carbocycles. The van der Waals surface area contributed by atoms with Crippen LogP contribution in [-0.2, 0) is 16.1 Å². The average molecular weight is 477 g/mol. The molecule has 1 aromatic carbocycles. The molecule has 1 aromatic rings. The minimum Gasteiger partial charge on any atom is -0.444 e. The summed E-state index contributed by atoms with van der Waals surface area (Å²) < 4.78 is 5.46. The van der Waals surface area contributed by atoms with Crippen LogP contribution in [0.3, 0.4) is 0 Å². The van der Waals surface area contributed by atoms with Gasteiger partial charge in [-0.2, -0.15) is 11.8 Å². The van der Waals surface area contributed by atoms with Gasteiger partial charge in [0.1, 0.15) is 5.60 Å². The molecule has 0 spiro atoms. The number of ether oxygens (including phenoxy) is 1. The molecule has 2 aliphatic rings. The van der Waals surface area contributed by atoms with Gasteiger partial charge in [0.2, 0.25) is 5.91 Å². The van der Waals surface area contributed by atoms with Gasteiger partial charge < -0.3 is 15.0 Å². The normalized spacial score (nSPS) is 20.3. The van der Waals surface area contributed by atoms with E-state index in [4.69, 9.17) is 4.74 Å². The molecular formula is C25H40N4O3S. The maximum Gasteiger partial charge on any atom is 0.410 e. The van der Waals surface area contributed by atoms with Crippen molar-refractivity contribution >= 4 is 29.4 Å². The lowest BCUT2D eigenvalue weighted by atomic mass is 9.97. The van der Waals surface area contributed by atoms with E-state index >= 15 is 0 Å². The van der Waals surface area contributed by atoms with E-state index in [1.807, 2.05) is 44.7 Å². The van der Waals surface area contributed by atoms with Crippen LogP contribution in [0.4, 0.5) is 10.5 Å². The number of thioether (sulfide) groups is 1. The Bertz CT molecular complexity index is 792. The molecule has 3 rings (SSSR count). The lowest BCUT2D eigenvalue weighted by molar-refractivity contribution is -0.117. The highest BCUT2D eigenvalue weighted by Crippen LogP contribution is 2.20. The third-order valence-corrected chi connectivity index (χ3v) is 6.87. The van der Waals surface area contributed by atoms with Crippen molar-refractivity contribution < 1.29 is 14.3 Å². The molecule has 184 valence electrons. The Morgan fingerprint density at radius 3 is 2.67 bits per heavy atom. The number of piperidine rings is 1. The van der Waals surface area contributed by atoms with Gasteiger partial charge in [-0.15, -0.1) is 0 Å². The van der Waals surface area contributed by atoms with Crippen molar-refractivity contribution in [2.24, 2.45) is 5.92 Å². The zero-order chi connectivity index (χ0) is 23.8. The Balaban J connectivity index is 1.45. The van der Waals surface area contributed by atoms with E-state index in [0.29, 0.717) is 19.0 Å². The van der Waals surface area contributed by atoms with Crippen LogP contribution >= 0.6 is 11.8 Å². The lowest BCUT2D eigenvalue weighted by Gasteiger charge is -2.34. The number of amides is 2. The number of benzene rings is 1. The number of hydrogen-bond donors (Lipinski definition) is 1. The largest absolute Gasteiger partial charge is 0.444 e. The second kappa shape index (κ2) is 12.1. The molecule has 1 atom stereocenters. The van der Waals surface area contributed by atoms with Gasteiger partial charge in [0, 0.05) is 57.0 Å². The second-order valence-electron chi connectivity index (χ2n) is 10.2. The molecule has 0 aromatic heterocycles. The number of nitrogens with one attached hydrogen (secondary N) is 1. The molecule has 7 nitrogen and oxygen atoms in total. The first-order chi connectivity index (χ1) is 15.7. The SMILES string of the molecule is CN(CC1CCCN(CC(=O)Nc2cccc(CN3CCSCC3)c2)C1)C(=O)OC(C)(C)C. The first kappa shape index (κ1) is 25.8. The second-order valence-corrected chi connectivity index (χ2v) is 11.5. The number of rotatable bonds is 7. The van der Waals surface area contributed by atoms with E-state index in [-0.39, 0.29) is 12.0 Å². The van der Waals surface area contributed by atoms with Crippen molar-refractivity contribution in [3.63, 3.8) is 0 Å². The fraction of sp³-hybridized carbons (Fsp3) is 0.680. The average Bonchev–Trinajstić information content (AvgIpc) is 2.73. The molecule has 2 aliphatic heterocycles. The predicted octanol–water partition coefficient (Wildman–Crippen LogP) is 3.75. The Morgan fingerprint density at radius 1 is 1.18 bits per heavy atom. The Kier molecular flexibility index (Phi) is 9.47. The Morgan fingerprint density at radius 2 is 1.94 bits per heavy atom. The quantitative estimate of drug-likeness (QED) is 0.647. The predicted molar refractivity (Wildman–Crippen MR) is 136 cm³/mol. The fourth-order valence-electron chi connectivity index (χ4n) is 4.41. The van der Waals surface area contributed by atoms with E-state index in [1.165, 1.54) is 17.1 Å². The van der Waals surface area contributed by atoms with Gasteiger partial charge in [0.05, 0.1) is 6.54 Å². The van der Waals surface area contributed by atoms with Gasteiger partial charge in [-0.25, -0.2) is 4.79 Å². The number of carbonyl (C=O) groups is 2. The third-order valence-electron chi connectivity index (χ3n) is 5.93. The number of anilines is 1. The maximum atomic E-state index is 12.7. The molecule has 33 heavy (non-hydrogen) atoms. The number of carbonyl (C=O) groups excluding carboxylic acids is 2. The van der Waals surface area contributed by atoms with Crippen LogP contribution in [-0.4, -0.2) is 90.1 Å². The molecule has 1 N–H and O–H groups in total. The zero-order valence-electron chi connectivity index (χ0n) is 20.6. The minimum absolute atomic E-state index is 0.0164. The van der Waals surface area contributed by atoms with E-state index in [2.05, 4.69) is 27.2 Å². The smallest absolute Gasteiger partial charge is 0.410 e. The molecule has 0 bridgehead atoms. The molecule has 2 fully saturated rings. The highest BCUT2D eigenvalue weighted by molar-refractivity contribution is 7.99. The van der Waals surface area contributed by atoms with Crippen molar-refractivity contribution in [1.82, 2.24) is 14.7 Å². The summed E-state index contributed by atoms with van der Waals surface area (Å²) in [6.45, 7) is 11.6. The van der Waals surface area contributed by atoms with Crippen LogP contribution in [0.2, 0.25) is 0 Å². The van der Waals surface area contributed by atoms with E-state index < -0.39 is 5.60 Å². The Hall–Kier alpha value is -1.77. The summed E-state index contributed by atoms with van der Waals surface area (Å²) in [6.07, 6.45) is 1.80. The summed E-state index contributed by atoms with van der Waals surface area (Å²) in [6, 6.07) is 8.21. The van der Waals surface area contributed by atoms with Crippen LogP contribution in [0.15, 0.2) is 24.3 Å². The van der Waals surface area contributed by atoms with Gasteiger partial charge in [-0.1, -0.05) is 12.1 Å². The van der Waals surface area contributed by atoms with Gasteiger partial charge in [-0.3, -0.25) is 14.6 Å². The lowest BCUT2D eigenvalue weighted by Crippen LogP contribution is -2.45. The molecule has 0 radical (unpaired) electrons. The first-order valence-electron chi connectivity index (χ1n) is 12.0. The molecular weight excluding hydrogens is 436 g/mol. The van der Waals surface area contributed by atoms with Crippen LogP contribution in [0.25, 0.3) is 0 Å². The van der Waals surface area contributed by atoms with E-state index in [1.54, 1.807) is 11.9 Å². The highest BCUT2D eigenvalue weighted by atomic mass is 32.2. The first-order valence-corrected chi connectivity index (χ1v) is 13.2. The summed E-state index contributed by atoms with van der Waals surface area (Å²) in [7, 11) is 1.79. The van der Waals surface area contributed by atoms with Crippen LogP contribution < -0.4 is 5.32 Å². The highest BCUT2D eigenvalue weighted by Gasteiger charge is 2.26. The van der Waals surface area contributed by atoms with Gasteiger partial charge in [0.15, 0.2) is 0 Å². The zero-order valence-corrected chi connectivity index (χ0v) is 21.5. The fourth-order valence-corrected chi connectivity index (χ4v) is 5.39.